The fourth-order valence-electron chi connectivity index (χ4n) is 2.50. The third kappa shape index (κ3) is 2.81. The summed E-state index contributed by atoms with van der Waals surface area (Å²) >= 11 is 0. The molecule has 5 heteroatoms. The molecule has 108 valence electrons. The lowest BCUT2D eigenvalue weighted by Crippen LogP contribution is -2.35. The van der Waals surface area contributed by atoms with Gasteiger partial charge in [0.2, 0.25) is 5.88 Å². The van der Waals surface area contributed by atoms with Gasteiger partial charge >= 0.3 is 0 Å². The molecule has 5 nitrogen and oxygen atoms in total. The van der Waals surface area contributed by atoms with Crippen molar-refractivity contribution in [1.29, 1.82) is 0 Å². The summed E-state index contributed by atoms with van der Waals surface area (Å²) < 4.78 is 5.10. The number of hydrogen-bond donors (Lipinski definition) is 1. The highest BCUT2D eigenvalue weighted by Crippen LogP contribution is 2.27. The predicted molar refractivity (Wildman–Crippen MR) is 82.0 cm³/mol. The van der Waals surface area contributed by atoms with Crippen LogP contribution in [0, 0.1) is 0 Å². The maximum absolute atomic E-state index is 6.04. The molecule has 1 aliphatic rings. The number of nitrogens with zero attached hydrogens (tertiary/aromatic N) is 3. The molecule has 1 atom stereocenters. The fourth-order valence-corrected chi connectivity index (χ4v) is 2.50. The van der Waals surface area contributed by atoms with Crippen molar-refractivity contribution in [2.75, 3.05) is 13.7 Å². The van der Waals surface area contributed by atoms with Crippen LogP contribution in [0.2, 0.25) is 0 Å². The monoisotopic (exact) mass is 282 g/mol. The molecule has 0 radical (unpaired) electrons. The minimum absolute atomic E-state index is 0.128. The van der Waals surface area contributed by atoms with E-state index in [9.17, 15) is 0 Å². The molecule has 3 rings (SSSR count). The topological polar surface area (TPSA) is 63.7 Å². The number of benzene rings is 1. The highest BCUT2D eigenvalue weighted by molar-refractivity contribution is 5.80. The molecule has 1 aliphatic heterocycles. The second kappa shape index (κ2) is 5.83. The van der Waals surface area contributed by atoms with E-state index in [0.29, 0.717) is 18.4 Å². The molecule has 0 saturated heterocycles. The lowest BCUT2D eigenvalue weighted by atomic mass is 10.1. The van der Waals surface area contributed by atoms with E-state index in [4.69, 9.17) is 10.5 Å². The third-order valence-electron chi connectivity index (χ3n) is 3.65. The van der Waals surface area contributed by atoms with Crippen LogP contribution < -0.4 is 10.5 Å². The molecule has 0 amide bonds. The molecule has 0 aliphatic carbocycles. The summed E-state index contributed by atoms with van der Waals surface area (Å²) in [5, 5.41) is 0. The first-order valence-electron chi connectivity index (χ1n) is 6.88. The second-order valence-electron chi connectivity index (χ2n) is 4.96. The number of ether oxygens (including phenoxy) is 1. The number of nitrogens with two attached hydrogens (primary N) is 1. The highest BCUT2D eigenvalue weighted by Gasteiger charge is 2.27. The van der Waals surface area contributed by atoms with Gasteiger partial charge in [-0.3, -0.25) is 4.99 Å². The molecule has 1 aromatic carbocycles. The van der Waals surface area contributed by atoms with Gasteiger partial charge in [-0.1, -0.05) is 30.3 Å². The van der Waals surface area contributed by atoms with Crippen LogP contribution in [0.15, 0.2) is 53.7 Å². The number of aromatic nitrogens is 1. The van der Waals surface area contributed by atoms with Gasteiger partial charge in [-0.15, -0.1) is 0 Å². The highest BCUT2D eigenvalue weighted by atomic mass is 16.5. The third-order valence-corrected chi connectivity index (χ3v) is 3.65. The SMILES string of the molecule is COc1ccc(C2CN=C(N)N2Cc2ccccc2)cn1. The Labute approximate surface area is 124 Å². The van der Waals surface area contributed by atoms with E-state index in [1.807, 2.05) is 36.5 Å². The van der Waals surface area contributed by atoms with Crippen LogP contribution in [0.4, 0.5) is 0 Å². The smallest absolute Gasteiger partial charge is 0.212 e. The molecule has 1 unspecified atom stereocenters. The van der Waals surface area contributed by atoms with Crippen LogP contribution in [-0.4, -0.2) is 29.5 Å². The quantitative estimate of drug-likeness (QED) is 0.931. The molecule has 21 heavy (non-hydrogen) atoms. The van der Waals surface area contributed by atoms with E-state index in [-0.39, 0.29) is 6.04 Å². The number of guanidine groups is 1. The van der Waals surface area contributed by atoms with E-state index in [1.54, 1.807) is 7.11 Å². The number of hydrogen-bond acceptors (Lipinski definition) is 5. The maximum Gasteiger partial charge on any atom is 0.212 e. The van der Waals surface area contributed by atoms with Crippen LogP contribution in [0.25, 0.3) is 0 Å². The van der Waals surface area contributed by atoms with Crippen LogP contribution in [0.5, 0.6) is 5.88 Å². The zero-order chi connectivity index (χ0) is 14.7. The van der Waals surface area contributed by atoms with Crippen molar-refractivity contribution >= 4 is 5.96 Å². The van der Waals surface area contributed by atoms with E-state index in [0.717, 1.165) is 12.1 Å². The first kappa shape index (κ1) is 13.4. The number of pyridine rings is 1. The van der Waals surface area contributed by atoms with Crippen LogP contribution >= 0.6 is 0 Å². The first-order valence-corrected chi connectivity index (χ1v) is 6.88. The molecule has 0 bridgehead atoms. The standard InChI is InChI=1S/C16H18N4O/c1-21-15-8-7-13(9-18-15)14-10-19-16(17)20(14)11-12-5-3-2-4-6-12/h2-9,14H,10-11H2,1H3,(H2,17,19). The average molecular weight is 282 g/mol. The number of methoxy groups -OCH3 is 1. The van der Waals surface area contributed by atoms with E-state index >= 15 is 0 Å². The Hall–Kier alpha value is -2.56. The van der Waals surface area contributed by atoms with Gasteiger partial charge < -0.3 is 15.4 Å². The van der Waals surface area contributed by atoms with Crippen molar-refractivity contribution in [2.45, 2.75) is 12.6 Å². The molecular formula is C16H18N4O. The zero-order valence-corrected chi connectivity index (χ0v) is 11.9. The summed E-state index contributed by atoms with van der Waals surface area (Å²) in [4.78, 5) is 10.8. The summed E-state index contributed by atoms with van der Waals surface area (Å²) in [7, 11) is 1.61. The second-order valence-corrected chi connectivity index (χ2v) is 4.96. The van der Waals surface area contributed by atoms with Crippen molar-refractivity contribution in [1.82, 2.24) is 9.88 Å². The summed E-state index contributed by atoms with van der Waals surface area (Å²) in [6.07, 6.45) is 1.83. The Morgan fingerprint density at radius 3 is 2.71 bits per heavy atom. The van der Waals surface area contributed by atoms with Gasteiger partial charge in [0.05, 0.1) is 19.7 Å². The molecule has 2 heterocycles. The minimum Gasteiger partial charge on any atom is -0.481 e. The Kier molecular flexibility index (Phi) is 3.73. The Morgan fingerprint density at radius 2 is 2.05 bits per heavy atom. The van der Waals surface area contributed by atoms with Gasteiger partial charge in [-0.25, -0.2) is 4.98 Å². The molecule has 2 N–H and O–H groups in total. The zero-order valence-electron chi connectivity index (χ0n) is 11.9. The molecule has 1 aromatic heterocycles. The van der Waals surface area contributed by atoms with Crippen molar-refractivity contribution in [2.24, 2.45) is 10.7 Å². The van der Waals surface area contributed by atoms with E-state index < -0.39 is 0 Å². The molecule has 0 fully saturated rings. The lowest BCUT2D eigenvalue weighted by Gasteiger charge is -2.26. The van der Waals surface area contributed by atoms with Gasteiger partial charge in [0.25, 0.3) is 0 Å². The summed E-state index contributed by atoms with van der Waals surface area (Å²) in [6, 6.07) is 14.3. The fraction of sp³-hybridized carbons (Fsp3) is 0.250. The van der Waals surface area contributed by atoms with Gasteiger partial charge in [0.1, 0.15) is 0 Å². The van der Waals surface area contributed by atoms with Gasteiger partial charge in [-0.2, -0.15) is 0 Å². The Morgan fingerprint density at radius 1 is 1.24 bits per heavy atom. The molecule has 0 saturated carbocycles. The van der Waals surface area contributed by atoms with Crippen molar-refractivity contribution in [3.8, 4) is 5.88 Å². The van der Waals surface area contributed by atoms with Crippen LogP contribution in [0.3, 0.4) is 0 Å². The Bertz CT molecular complexity index is 624. The first-order chi connectivity index (χ1) is 10.3. The van der Waals surface area contributed by atoms with Crippen molar-refractivity contribution in [3.05, 3.63) is 59.8 Å². The maximum atomic E-state index is 6.04. The van der Waals surface area contributed by atoms with Gasteiger partial charge in [0, 0.05) is 18.8 Å². The normalized spacial score (nSPS) is 17.7. The number of aliphatic imine (C=N–C) groups is 1. The largest absolute Gasteiger partial charge is 0.481 e. The molecule has 0 spiro atoms. The molecule has 2 aromatic rings. The summed E-state index contributed by atoms with van der Waals surface area (Å²) in [5.41, 5.74) is 8.35. The summed E-state index contributed by atoms with van der Waals surface area (Å²) in [6.45, 7) is 1.40. The van der Waals surface area contributed by atoms with Crippen LogP contribution in [-0.2, 0) is 6.54 Å². The molecular weight excluding hydrogens is 264 g/mol. The van der Waals surface area contributed by atoms with E-state index in [1.165, 1.54) is 5.56 Å². The average Bonchev–Trinajstić information content (AvgIpc) is 2.90. The predicted octanol–water partition coefficient (Wildman–Crippen LogP) is 1.96. The van der Waals surface area contributed by atoms with Crippen molar-refractivity contribution in [3.63, 3.8) is 0 Å². The van der Waals surface area contributed by atoms with Gasteiger partial charge in [-0.05, 0) is 17.2 Å². The summed E-state index contributed by atoms with van der Waals surface area (Å²) in [5.74, 6) is 1.19. The lowest BCUT2D eigenvalue weighted by molar-refractivity contribution is 0.338. The van der Waals surface area contributed by atoms with Crippen molar-refractivity contribution < 1.29 is 4.74 Å². The van der Waals surface area contributed by atoms with Crippen LogP contribution in [0.1, 0.15) is 17.2 Å². The van der Waals surface area contributed by atoms with E-state index in [2.05, 4.69) is 27.0 Å². The number of rotatable bonds is 4. The Balaban J connectivity index is 1.81. The minimum atomic E-state index is 0.128. The van der Waals surface area contributed by atoms with Gasteiger partial charge in [0.15, 0.2) is 5.96 Å².